The topological polar surface area (TPSA) is 49.8 Å². The number of carbonyl (C=O) groups is 1. The predicted octanol–water partition coefficient (Wildman–Crippen LogP) is 2.01. The lowest BCUT2D eigenvalue weighted by molar-refractivity contribution is 0.00202. The Hall–Kier alpha value is -0.770. The number of carbonyl (C=O) groups excluding carboxylic acids is 1. The van der Waals surface area contributed by atoms with Crippen LogP contribution in [0, 0.1) is 0 Å². The summed E-state index contributed by atoms with van der Waals surface area (Å²) in [6, 6.07) is 0. The predicted molar refractivity (Wildman–Crippen MR) is 59.8 cm³/mol. The van der Waals surface area contributed by atoms with E-state index in [1.54, 1.807) is 0 Å². The molecule has 0 atom stereocenters. The van der Waals surface area contributed by atoms with E-state index in [1.807, 2.05) is 41.5 Å². The third-order valence-electron chi connectivity index (χ3n) is 1.75. The second-order valence-corrected chi connectivity index (χ2v) is 5.53. The van der Waals surface area contributed by atoms with Crippen molar-refractivity contribution >= 4 is 6.09 Å². The number of ether oxygens (including phenoxy) is 1. The lowest BCUT2D eigenvalue weighted by atomic mass is 10.1. The van der Waals surface area contributed by atoms with Crippen molar-refractivity contribution in [3.63, 3.8) is 0 Å². The molecule has 1 amide bonds. The molecule has 0 aromatic heterocycles. The Labute approximate surface area is 92.2 Å². The maximum absolute atomic E-state index is 11.8. The van der Waals surface area contributed by atoms with Gasteiger partial charge >= 0.3 is 6.09 Å². The molecular formula is C11H23NO3. The van der Waals surface area contributed by atoms with Gasteiger partial charge in [0.15, 0.2) is 0 Å². The van der Waals surface area contributed by atoms with Gasteiger partial charge in [-0.25, -0.2) is 4.79 Å². The number of nitrogens with zero attached hydrogens (tertiary/aromatic N) is 1. The fourth-order valence-corrected chi connectivity index (χ4v) is 1.12. The minimum Gasteiger partial charge on any atom is -0.444 e. The van der Waals surface area contributed by atoms with Crippen LogP contribution in [0.2, 0.25) is 0 Å². The van der Waals surface area contributed by atoms with Crippen LogP contribution < -0.4 is 0 Å². The van der Waals surface area contributed by atoms with Gasteiger partial charge in [-0.3, -0.25) is 0 Å². The van der Waals surface area contributed by atoms with Gasteiger partial charge in [-0.2, -0.15) is 0 Å². The zero-order valence-corrected chi connectivity index (χ0v) is 10.6. The van der Waals surface area contributed by atoms with Gasteiger partial charge in [0.2, 0.25) is 0 Å². The van der Waals surface area contributed by atoms with Crippen LogP contribution in [0.25, 0.3) is 0 Å². The molecule has 4 heteroatoms. The second kappa shape index (κ2) is 4.84. The quantitative estimate of drug-likeness (QED) is 0.769. The van der Waals surface area contributed by atoms with Crippen molar-refractivity contribution in [3.05, 3.63) is 0 Å². The third kappa shape index (κ3) is 5.62. The third-order valence-corrected chi connectivity index (χ3v) is 1.75. The van der Waals surface area contributed by atoms with Crippen molar-refractivity contribution in [1.82, 2.24) is 4.90 Å². The molecular weight excluding hydrogens is 194 g/mol. The second-order valence-electron chi connectivity index (χ2n) is 5.53. The lowest BCUT2D eigenvalue weighted by Gasteiger charge is -2.36. The molecule has 15 heavy (non-hydrogen) atoms. The van der Waals surface area contributed by atoms with Crippen LogP contribution in [0.3, 0.4) is 0 Å². The first-order valence-electron chi connectivity index (χ1n) is 5.19. The van der Waals surface area contributed by atoms with Crippen LogP contribution in [0.1, 0.15) is 41.5 Å². The van der Waals surface area contributed by atoms with Crippen molar-refractivity contribution in [2.75, 3.05) is 13.2 Å². The Balaban J connectivity index is 4.58. The molecule has 0 spiro atoms. The maximum Gasteiger partial charge on any atom is 0.410 e. The van der Waals surface area contributed by atoms with Crippen LogP contribution in [0.15, 0.2) is 0 Å². The molecule has 0 aromatic carbocycles. The Bertz CT molecular complexity index is 213. The van der Waals surface area contributed by atoms with Crippen molar-refractivity contribution in [2.24, 2.45) is 0 Å². The number of amides is 1. The minimum absolute atomic E-state index is 0.0590. The zero-order chi connectivity index (χ0) is 12.3. The van der Waals surface area contributed by atoms with Gasteiger partial charge in [-0.05, 0) is 41.5 Å². The Kier molecular flexibility index (Phi) is 4.59. The summed E-state index contributed by atoms with van der Waals surface area (Å²) in [6.07, 6.45) is -0.385. The van der Waals surface area contributed by atoms with E-state index < -0.39 is 5.60 Å². The lowest BCUT2D eigenvalue weighted by Crippen LogP contribution is -2.49. The Morgan fingerprint density at radius 2 is 1.67 bits per heavy atom. The van der Waals surface area contributed by atoms with E-state index in [0.29, 0.717) is 6.54 Å². The first-order chi connectivity index (χ1) is 6.58. The average Bonchev–Trinajstić information content (AvgIpc) is 1.93. The molecule has 90 valence electrons. The Morgan fingerprint density at radius 1 is 1.20 bits per heavy atom. The van der Waals surface area contributed by atoms with Crippen LogP contribution in [-0.2, 0) is 4.74 Å². The number of rotatable bonds is 2. The van der Waals surface area contributed by atoms with Crippen LogP contribution >= 0.6 is 0 Å². The smallest absolute Gasteiger partial charge is 0.410 e. The fraction of sp³-hybridized carbons (Fsp3) is 0.909. The first-order valence-corrected chi connectivity index (χ1v) is 5.19. The van der Waals surface area contributed by atoms with Crippen molar-refractivity contribution < 1.29 is 14.6 Å². The molecule has 0 rings (SSSR count). The fourth-order valence-electron chi connectivity index (χ4n) is 1.12. The summed E-state index contributed by atoms with van der Waals surface area (Å²) >= 11 is 0. The maximum atomic E-state index is 11.8. The molecule has 0 fully saturated rings. The van der Waals surface area contributed by atoms with E-state index in [2.05, 4.69) is 0 Å². The highest BCUT2D eigenvalue weighted by Gasteiger charge is 2.29. The summed E-state index contributed by atoms with van der Waals surface area (Å²) in [7, 11) is 0. The normalized spacial score (nSPS) is 12.5. The standard InChI is InChI=1S/C11H23NO3/c1-10(2,3)12(7-8-13)9(14)15-11(4,5)6/h13H,7-8H2,1-6H3. The molecule has 0 unspecified atom stereocenters. The molecule has 0 aromatic rings. The van der Waals surface area contributed by atoms with Crippen molar-refractivity contribution in [3.8, 4) is 0 Å². The molecule has 0 saturated heterocycles. The number of β-amino-alcohol motifs (C(OH)–C–C–N with tert-alkyl or cyclic N) is 1. The van der Waals surface area contributed by atoms with Gasteiger partial charge in [-0.15, -0.1) is 0 Å². The summed E-state index contributed by atoms with van der Waals surface area (Å²) in [4.78, 5) is 13.3. The van der Waals surface area contributed by atoms with Gasteiger partial charge < -0.3 is 14.7 Å². The molecule has 0 aliphatic carbocycles. The van der Waals surface area contributed by atoms with Crippen LogP contribution in [0.4, 0.5) is 4.79 Å². The summed E-state index contributed by atoms with van der Waals surface area (Å²) in [5, 5.41) is 8.90. The van der Waals surface area contributed by atoms with Crippen molar-refractivity contribution in [2.45, 2.75) is 52.7 Å². The van der Waals surface area contributed by atoms with Gasteiger partial charge in [-0.1, -0.05) is 0 Å². The van der Waals surface area contributed by atoms with Gasteiger partial charge in [0, 0.05) is 12.1 Å². The summed E-state index contributed by atoms with van der Waals surface area (Å²) in [6.45, 7) is 11.4. The summed E-state index contributed by atoms with van der Waals surface area (Å²) in [5.41, 5.74) is -0.846. The molecule has 0 radical (unpaired) electrons. The van der Waals surface area contributed by atoms with E-state index in [4.69, 9.17) is 9.84 Å². The molecule has 0 aliphatic rings. The van der Waals surface area contributed by atoms with E-state index >= 15 is 0 Å². The molecule has 0 aliphatic heterocycles. The van der Waals surface area contributed by atoms with E-state index in [1.165, 1.54) is 4.90 Å². The van der Waals surface area contributed by atoms with Gasteiger partial charge in [0.1, 0.15) is 5.60 Å². The van der Waals surface area contributed by atoms with Crippen LogP contribution in [-0.4, -0.2) is 40.4 Å². The highest BCUT2D eigenvalue weighted by molar-refractivity contribution is 5.69. The monoisotopic (exact) mass is 217 g/mol. The summed E-state index contributed by atoms with van der Waals surface area (Å²) < 4.78 is 5.25. The average molecular weight is 217 g/mol. The molecule has 0 saturated carbocycles. The zero-order valence-electron chi connectivity index (χ0n) is 10.6. The van der Waals surface area contributed by atoms with Crippen LogP contribution in [0.5, 0.6) is 0 Å². The highest BCUT2D eigenvalue weighted by Crippen LogP contribution is 2.17. The molecule has 0 bridgehead atoms. The van der Waals surface area contributed by atoms with E-state index in [9.17, 15) is 4.79 Å². The minimum atomic E-state index is -0.504. The van der Waals surface area contributed by atoms with Crippen molar-refractivity contribution in [1.29, 1.82) is 0 Å². The number of aliphatic hydroxyl groups is 1. The number of hydrogen-bond donors (Lipinski definition) is 1. The van der Waals surface area contributed by atoms with Gasteiger partial charge in [0.05, 0.1) is 6.61 Å². The first kappa shape index (κ1) is 14.2. The van der Waals surface area contributed by atoms with Gasteiger partial charge in [0.25, 0.3) is 0 Å². The Morgan fingerprint density at radius 3 is 1.93 bits per heavy atom. The highest BCUT2D eigenvalue weighted by atomic mass is 16.6. The molecule has 0 heterocycles. The van der Waals surface area contributed by atoms with E-state index in [0.717, 1.165) is 0 Å². The van der Waals surface area contributed by atoms with E-state index in [-0.39, 0.29) is 18.2 Å². The SMILES string of the molecule is CC(C)(C)OC(=O)N(CCO)C(C)(C)C. The largest absolute Gasteiger partial charge is 0.444 e. The molecule has 1 N–H and O–H groups in total. The summed E-state index contributed by atoms with van der Waals surface area (Å²) in [5.74, 6) is 0. The number of hydrogen-bond acceptors (Lipinski definition) is 3. The number of aliphatic hydroxyl groups excluding tert-OH is 1. The molecule has 4 nitrogen and oxygen atoms in total.